The Bertz CT molecular complexity index is 2420. The third-order valence-electron chi connectivity index (χ3n) is 12.3. The summed E-state index contributed by atoms with van der Waals surface area (Å²) in [7, 11) is 0. The van der Waals surface area contributed by atoms with Crippen LogP contribution < -0.4 is 0 Å². The zero-order valence-electron chi connectivity index (χ0n) is 33.9. The van der Waals surface area contributed by atoms with Gasteiger partial charge in [0.25, 0.3) is 0 Å². The first kappa shape index (κ1) is 42.2. The van der Waals surface area contributed by atoms with Gasteiger partial charge in [0.1, 0.15) is 0 Å². The van der Waals surface area contributed by atoms with Crippen LogP contribution in [0.4, 0.5) is 0 Å². The maximum absolute atomic E-state index is 6.48. The molecule has 0 saturated heterocycles. The molecule has 4 aromatic rings. The Labute approximate surface area is 356 Å². The van der Waals surface area contributed by atoms with E-state index >= 15 is 0 Å². The molecule has 0 heterocycles. The van der Waals surface area contributed by atoms with E-state index in [0.717, 1.165) is 22.9 Å². The van der Waals surface area contributed by atoms with Crippen molar-refractivity contribution in [1.29, 1.82) is 0 Å². The van der Waals surface area contributed by atoms with Crippen molar-refractivity contribution in [3.63, 3.8) is 0 Å². The zero-order valence-corrected chi connectivity index (χ0v) is 39.5. The Balaban J connectivity index is 0.00000257. The maximum atomic E-state index is 6.48. The summed E-state index contributed by atoms with van der Waals surface area (Å²) in [6, 6.07) is 27.3. The van der Waals surface area contributed by atoms with Crippen LogP contribution in [-0.2, 0) is 36.5 Å². The Hall–Kier alpha value is -2.38. The number of hydrogen-bond donors (Lipinski definition) is 0. The molecule has 0 aliphatic heterocycles. The van der Waals surface area contributed by atoms with Crippen molar-refractivity contribution in [1.82, 2.24) is 0 Å². The van der Waals surface area contributed by atoms with Gasteiger partial charge < -0.3 is 0 Å². The zero-order chi connectivity index (χ0) is 37.9. The number of hydrogen-bond acceptors (Lipinski definition) is 0. The quantitative estimate of drug-likeness (QED) is 0.169. The van der Waals surface area contributed by atoms with E-state index in [9.17, 15) is 0 Å². The van der Waals surface area contributed by atoms with E-state index in [1.54, 1.807) is 6.56 Å². The number of allylic oxidation sites excluding steroid dienone is 8. The van der Waals surface area contributed by atoms with Crippen molar-refractivity contribution in [3.05, 3.63) is 158 Å². The third-order valence-corrected chi connectivity index (χ3v) is 24.4. The van der Waals surface area contributed by atoms with Crippen molar-refractivity contribution in [2.24, 2.45) is 10.8 Å². The SMILES string of the molecule is CC(C)(C)C1=CC(C)(C)c2cc3c(cc21)-c1cc2c(cc1C3)C(C)(C)[C]([Zr](=[CH]c1ccc(Cl)cc1)(=[CH]c1ccc(Cl)cc1)[C]1=CC=CC1)=C2C(C)(C)C.Cl.Cl. The van der Waals surface area contributed by atoms with Gasteiger partial charge in [0.05, 0.1) is 0 Å². The minimum atomic E-state index is -3.93. The topological polar surface area (TPSA) is 0 Å². The van der Waals surface area contributed by atoms with Crippen molar-refractivity contribution in [3.8, 4) is 11.1 Å². The molecular weight excluding hydrogens is 834 g/mol. The van der Waals surface area contributed by atoms with Crippen LogP contribution in [0.15, 0.2) is 104 Å². The van der Waals surface area contributed by atoms with Crippen LogP contribution >= 0.6 is 48.0 Å². The third kappa shape index (κ3) is 7.12. The molecule has 4 aliphatic carbocycles. The molecule has 0 nitrogen and oxygen atoms in total. The summed E-state index contributed by atoms with van der Waals surface area (Å²) in [5.74, 6) is 0. The van der Waals surface area contributed by atoms with Gasteiger partial charge in [0, 0.05) is 0 Å². The van der Waals surface area contributed by atoms with E-state index < -0.39 is 19.3 Å². The summed E-state index contributed by atoms with van der Waals surface area (Å²) in [4.78, 5) is 0. The second kappa shape index (κ2) is 14.5. The van der Waals surface area contributed by atoms with Crippen LogP contribution in [0.5, 0.6) is 0 Å². The number of benzene rings is 4. The van der Waals surface area contributed by atoms with Gasteiger partial charge in [-0.05, 0) is 0 Å². The van der Waals surface area contributed by atoms with Gasteiger partial charge in [-0.1, -0.05) is 0 Å². The predicted molar refractivity (Wildman–Crippen MR) is 244 cm³/mol. The van der Waals surface area contributed by atoms with E-state index in [1.165, 1.54) is 66.8 Å². The molecular formula is C50H54Cl4Zr. The summed E-state index contributed by atoms with van der Waals surface area (Å²) >= 11 is 9.03. The van der Waals surface area contributed by atoms with Crippen LogP contribution in [0.25, 0.3) is 22.3 Å². The van der Waals surface area contributed by atoms with Gasteiger partial charge in [-0.2, -0.15) is 0 Å². The molecule has 0 radical (unpaired) electrons. The molecule has 4 aromatic carbocycles. The van der Waals surface area contributed by atoms with Crippen molar-refractivity contribution in [2.45, 2.75) is 92.9 Å². The Morgan fingerprint density at radius 3 is 1.62 bits per heavy atom. The molecule has 0 aromatic heterocycles. The van der Waals surface area contributed by atoms with Gasteiger partial charge >= 0.3 is 334 Å². The van der Waals surface area contributed by atoms with Crippen molar-refractivity contribution >= 4 is 66.6 Å². The van der Waals surface area contributed by atoms with Crippen LogP contribution in [0, 0.1) is 10.8 Å². The number of fused-ring (bicyclic) bond motifs is 5. The molecule has 8 rings (SSSR count). The standard InChI is InChI=1S/C31H37.2C7H5Cl.C5H5.2ClH.Zr/c1-28(2,3)26-16-30(7,8)24-12-18-11-19-13-25-23(15-21(19)20(18)14-22(24)26)27(29(4,5)6)17-31(25,9)10;2*1-6-2-4-7(8)5-3-6;1-2-4-5-3-1;;;/h12-16H,11H2,1-10H3;2*1-5H;1-3H,4H2;2*1H;. The molecule has 0 bridgehead atoms. The first-order valence-corrected chi connectivity index (χ1v) is 25.3. The molecule has 55 heavy (non-hydrogen) atoms. The van der Waals surface area contributed by atoms with Crippen molar-refractivity contribution in [2.75, 3.05) is 0 Å². The van der Waals surface area contributed by atoms with Gasteiger partial charge in [-0.15, -0.1) is 24.8 Å². The second-order valence-electron chi connectivity index (χ2n) is 19.0. The summed E-state index contributed by atoms with van der Waals surface area (Å²) in [6.45, 7) is 24.2. The van der Waals surface area contributed by atoms with Crippen LogP contribution in [0.2, 0.25) is 10.0 Å². The van der Waals surface area contributed by atoms with Gasteiger partial charge in [-0.25, -0.2) is 0 Å². The molecule has 0 saturated carbocycles. The van der Waals surface area contributed by atoms with E-state index in [4.69, 9.17) is 23.2 Å². The minimum Gasteiger partial charge on any atom is -0.147 e. The van der Waals surface area contributed by atoms with Gasteiger partial charge in [0.2, 0.25) is 0 Å². The monoisotopic (exact) mass is 884 g/mol. The first-order chi connectivity index (χ1) is 24.8. The minimum absolute atomic E-state index is 0. The molecule has 0 unspecified atom stereocenters. The van der Waals surface area contributed by atoms with E-state index in [-0.39, 0.29) is 46.5 Å². The van der Waals surface area contributed by atoms with Crippen molar-refractivity contribution < 1.29 is 19.3 Å². The van der Waals surface area contributed by atoms with Gasteiger partial charge in [-0.3, -0.25) is 0 Å². The fraction of sp³-hybridized carbons (Fsp3) is 0.320. The fourth-order valence-corrected chi connectivity index (χ4v) is 23.5. The van der Waals surface area contributed by atoms with E-state index in [0.29, 0.717) is 0 Å². The summed E-state index contributed by atoms with van der Waals surface area (Å²) in [5.41, 5.74) is 17.0. The Kier molecular flexibility index (Phi) is 11.1. The van der Waals surface area contributed by atoms with E-state index in [2.05, 4.69) is 149 Å². The second-order valence-corrected chi connectivity index (χ2v) is 28.4. The average molecular weight is 888 g/mol. The molecule has 0 N–H and O–H groups in total. The predicted octanol–water partition coefficient (Wildman–Crippen LogP) is 14.9. The van der Waals surface area contributed by atoms with E-state index in [1.807, 2.05) is 24.3 Å². The molecule has 0 fully saturated rings. The first-order valence-electron chi connectivity index (χ1n) is 19.2. The smallest absolute Gasteiger partial charge is 0.147 e. The summed E-state index contributed by atoms with van der Waals surface area (Å²) in [5, 5.41) is 1.53. The van der Waals surface area contributed by atoms with Gasteiger partial charge in [0.15, 0.2) is 0 Å². The Morgan fingerprint density at radius 2 is 1.15 bits per heavy atom. The molecule has 0 spiro atoms. The molecule has 0 atom stereocenters. The largest absolute Gasteiger partial charge is 0.147 e. The molecule has 5 heteroatoms. The summed E-state index contributed by atoms with van der Waals surface area (Å²) < 4.78 is 8.66. The summed E-state index contributed by atoms with van der Waals surface area (Å²) in [6.07, 6.45) is 11.6. The number of halogens is 4. The molecule has 0 amide bonds. The average Bonchev–Trinajstić information content (AvgIpc) is 3.84. The van der Waals surface area contributed by atoms with Crippen LogP contribution in [-0.4, -0.2) is 7.42 Å². The molecule has 4 aliphatic rings. The van der Waals surface area contributed by atoms with Crippen LogP contribution in [0.1, 0.15) is 120 Å². The molecule has 286 valence electrons. The number of rotatable bonds is 4. The Morgan fingerprint density at radius 1 is 0.636 bits per heavy atom. The normalized spacial score (nSPS) is 17.1. The fourth-order valence-electron chi connectivity index (χ4n) is 9.92. The van der Waals surface area contributed by atoms with Crippen LogP contribution in [0.3, 0.4) is 0 Å². The maximum Gasteiger partial charge on any atom is -0.147 e.